The second kappa shape index (κ2) is 4.10. The van der Waals surface area contributed by atoms with E-state index in [4.69, 9.17) is 0 Å². The van der Waals surface area contributed by atoms with Crippen LogP contribution in [0.5, 0.6) is 0 Å². The molecule has 3 heteroatoms. The van der Waals surface area contributed by atoms with Crippen LogP contribution in [0.1, 0.15) is 24.5 Å². The second-order valence-corrected chi connectivity index (χ2v) is 5.34. The largest absolute Gasteiger partial charge is 0.381 e. The minimum Gasteiger partial charge on any atom is -0.381 e. The van der Waals surface area contributed by atoms with Crippen LogP contribution in [-0.2, 0) is 13.1 Å². The molecule has 0 aliphatic carbocycles. The number of fused-ring (bicyclic) bond motifs is 5. The van der Waals surface area contributed by atoms with Gasteiger partial charge in [0.2, 0.25) is 0 Å². The van der Waals surface area contributed by atoms with Gasteiger partial charge in [0.15, 0.2) is 0 Å². The highest BCUT2D eigenvalue weighted by atomic mass is 15.0. The molecule has 3 aromatic rings. The van der Waals surface area contributed by atoms with Crippen LogP contribution < -0.4 is 5.32 Å². The Hall–Kier alpha value is -2.29. The monoisotopic (exact) mass is 263 g/mol. The van der Waals surface area contributed by atoms with Crippen LogP contribution in [0.4, 0.5) is 0 Å². The van der Waals surface area contributed by atoms with Crippen LogP contribution in [0.15, 0.2) is 37.0 Å². The number of nitrogens with zero attached hydrogens (tertiary/aromatic N) is 2. The van der Waals surface area contributed by atoms with Crippen molar-refractivity contribution in [1.82, 2.24) is 14.9 Å². The lowest BCUT2D eigenvalue weighted by molar-refractivity contribution is 0.723. The van der Waals surface area contributed by atoms with Crippen LogP contribution in [0.25, 0.3) is 27.6 Å². The highest BCUT2D eigenvalue weighted by Gasteiger charge is 2.21. The molecule has 20 heavy (non-hydrogen) atoms. The Morgan fingerprint density at radius 2 is 2.20 bits per heavy atom. The summed E-state index contributed by atoms with van der Waals surface area (Å²) >= 11 is 0. The Kier molecular flexibility index (Phi) is 2.36. The van der Waals surface area contributed by atoms with Gasteiger partial charge in [0, 0.05) is 35.9 Å². The van der Waals surface area contributed by atoms with E-state index >= 15 is 0 Å². The molecule has 1 aliphatic rings. The molecule has 0 saturated carbocycles. The van der Waals surface area contributed by atoms with E-state index in [0.717, 1.165) is 30.7 Å². The van der Waals surface area contributed by atoms with Crippen LogP contribution in [0.2, 0.25) is 0 Å². The zero-order valence-electron chi connectivity index (χ0n) is 11.6. The Bertz CT molecular complexity index is 842. The van der Waals surface area contributed by atoms with E-state index in [9.17, 15) is 0 Å². The zero-order valence-corrected chi connectivity index (χ0v) is 11.6. The molecule has 100 valence electrons. The molecule has 1 N–H and O–H groups in total. The fourth-order valence-corrected chi connectivity index (χ4v) is 3.28. The SMILES string of the molecule is C=C1NCc2c1ccc1c2c2ncccc2n1CCC. The van der Waals surface area contributed by atoms with E-state index in [1.807, 2.05) is 12.3 Å². The van der Waals surface area contributed by atoms with Gasteiger partial charge < -0.3 is 9.88 Å². The maximum absolute atomic E-state index is 4.64. The Balaban J connectivity index is 2.19. The van der Waals surface area contributed by atoms with Crippen molar-refractivity contribution in [2.75, 3.05) is 0 Å². The Morgan fingerprint density at radius 3 is 3.05 bits per heavy atom. The van der Waals surface area contributed by atoms with Gasteiger partial charge in [-0.25, -0.2) is 0 Å². The molecule has 0 radical (unpaired) electrons. The van der Waals surface area contributed by atoms with Crippen molar-refractivity contribution in [3.63, 3.8) is 0 Å². The first-order valence-electron chi connectivity index (χ1n) is 7.13. The smallest absolute Gasteiger partial charge is 0.0963 e. The van der Waals surface area contributed by atoms with E-state index in [1.165, 1.54) is 27.5 Å². The molecule has 1 aromatic carbocycles. The normalized spacial score (nSPS) is 13.9. The highest BCUT2D eigenvalue weighted by Crippen LogP contribution is 2.36. The average molecular weight is 263 g/mol. The number of nitrogens with one attached hydrogen (secondary N) is 1. The third-order valence-electron chi connectivity index (χ3n) is 4.15. The van der Waals surface area contributed by atoms with Crippen molar-refractivity contribution in [3.8, 4) is 0 Å². The van der Waals surface area contributed by atoms with E-state index < -0.39 is 0 Å². The summed E-state index contributed by atoms with van der Waals surface area (Å²) in [5.74, 6) is 0. The summed E-state index contributed by atoms with van der Waals surface area (Å²) in [6.45, 7) is 8.18. The van der Waals surface area contributed by atoms with Gasteiger partial charge in [-0.2, -0.15) is 0 Å². The predicted octanol–water partition coefficient (Wildman–Crippen LogP) is 3.67. The summed E-state index contributed by atoms with van der Waals surface area (Å²) in [6, 6.07) is 8.58. The molecule has 0 fully saturated rings. The van der Waals surface area contributed by atoms with Gasteiger partial charge in [-0.15, -0.1) is 0 Å². The van der Waals surface area contributed by atoms with Crippen LogP contribution in [-0.4, -0.2) is 9.55 Å². The van der Waals surface area contributed by atoms with E-state index in [2.05, 4.69) is 46.6 Å². The van der Waals surface area contributed by atoms with Gasteiger partial charge >= 0.3 is 0 Å². The quantitative estimate of drug-likeness (QED) is 0.764. The van der Waals surface area contributed by atoms with Crippen molar-refractivity contribution in [1.29, 1.82) is 0 Å². The fraction of sp³-hybridized carbons (Fsp3) is 0.235. The molecule has 0 spiro atoms. The van der Waals surface area contributed by atoms with Crippen molar-refractivity contribution in [2.24, 2.45) is 0 Å². The maximum atomic E-state index is 4.64. The number of aryl methyl sites for hydroxylation is 1. The molecule has 4 rings (SSSR count). The number of rotatable bonds is 2. The van der Waals surface area contributed by atoms with E-state index in [-0.39, 0.29) is 0 Å². The van der Waals surface area contributed by atoms with Gasteiger partial charge in [0.1, 0.15) is 0 Å². The van der Waals surface area contributed by atoms with Gasteiger partial charge in [0.25, 0.3) is 0 Å². The fourth-order valence-electron chi connectivity index (χ4n) is 3.28. The van der Waals surface area contributed by atoms with Crippen LogP contribution in [0.3, 0.4) is 0 Å². The van der Waals surface area contributed by atoms with Crippen molar-refractivity contribution in [2.45, 2.75) is 26.4 Å². The summed E-state index contributed by atoms with van der Waals surface area (Å²) in [7, 11) is 0. The number of benzene rings is 1. The van der Waals surface area contributed by atoms with Gasteiger partial charge in [-0.3, -0.25) is 4.98 Å². The number of aromatic nitrogens is 2. The summed E-state index contributed by atoms with van der Waals surface area (Å²) in [5, 5.41) is 4.64. The molecule has 1 aliphatic heterocycles. The molecule has 2 aromatic heterocycles. The minimum atomic E-state index is 0.854. The lowest BCUT2D eigenvalue weighted by atomic mass is 10.0. The summed E-state index contributed by atoms with van der Waals surface area (Å²) in [5.41, 5.74) is 7.23. The van der Waals surface area contributed by atoms with Crippen molar-refractivity contribution >= 4 is 27.6 Å². The third-order valence-corrected chi connectivity index (χ3v) is 4.15. The van der Waals surface area contributed by atoms with Gasteiger partial charge in [0.05, 0.1) is 16.6 Å². The molecular weight excluding hydrogens is 246 g/mol. The average Bonchev–Trinajstić information content (AvgIpc) is 3.00. The maximum Gasteiger partial charge on any atom is 0.0963 e. The lowest BCUT2D eigenvalue weighted by Gasteiger charge is -2.05. The van der Waals surface area contributed by atoms with Crippen LogP contribution in [0, 0.1) is 0 Å². The molecule has 0 atom stereocenters. The molecule has 0 unspecified atom stereocenters. The number of pyridine rings is 1. The summed E-state index contributed by atoms with van der Waals surface area (Å²) < 4.78 is 2.39. The minimum absolute atomic E-state index is 0.854. The van der Waals surface area contributed by atoms with Crippen molar-refractivity contribution in [3.05, 3.63) is 48.2 Å². The molecule has 3 heterocycles. The summed E-state index contributed by atoms with van der Waals surface area (Å²) in [6.07, 6.45) is 3.00. The first-order valence-corrected chi connectivity index (χ1v) is 7.13. The van der Waals surface area contributed by atoms with E-state index in [1.54, 1.807) is 0 Å². The topological polar surface area (TPSA) is 29.9 Å². The van der Waals surface area contributed by atoms with E-state index in [0.29, 0.717) is 0 Å². The van der Waals surface area contributed by atoms with Crippen molar-refractivity contribution < 1.29 is 0 Å². The lowest BCUT2D eigenvalue weighted by Crippen LogP contribution is -1.98. The summed E-state index contributed by atoms with van der Waals surface area (Å²) in [4.78, 5) is 4.64. The standard InChI is InChI=1S/C17H17N3/c1-3-9-20-14-7-6-12-11(2)19-10-13(12)16(14)17-15(20)5-4-8-18-17/h4-8,19H,2-3,9-10H2,1H3. The second-order valence-electron chi connectivity index (χ2n) is 5.34. The predicted molar refractivity (Wildman–Crippen MR) is 83.4 cm³/mol. The molecular formula is C17H17N3. The molecule has 0 bridgehead atoms. The number of hydrogen-bond donors (Lipinski definition) is 1. The number of hydrogen-bond acceptors (Lipinski definition) is 2. The highest BCUT2D eigenvalue weighted by molar-refractivity contribution is 6.09. The van der Waals surface area contributed by atoms with Gasteiger partial charge in [-0.1, -0.05) is 19.6 Å². The van der Waals surface area contributed by atoms with Crippen LogP contribution >= 0.6 is 0 Å². The zero-order chi connectivity index (χ0) is 13.7. The Labute approximate surface area is 117 Å². The van der Waals surface area contributed by atoms with Gasteiger partial charge in [-0.05, 0) is 30.2 Å². The molecule has 3 nitrogen and oxygen atoms in total. The third kappa shape index (κ3) is 1.38. The Morgan fingerprint density at radius 1 is 1.30 bits per heavy atom. The molecule has 0 saturated heterocycles. The first kappa shape index (κ1) is 11.5. The molecule has 0 amide bonds. The first-order chi connectivity index (χ1) is 9.81.